The van der Waals surface area contributed by atoms with Gasteiger partial charge in [0.15, 0.2) is 0 Å². The van der Waals surface area contributed by atoms with Gasteiger partial charge >= 0.3 is 0 Å². The lowest BCUT2D eigenvalue weighted by atomic mass is 10.1. The van der Waals surface area contributed by atoms with Crippen LogP contribution in [0.25, 0.3) is 0 Å². The van der Waals surface area contributed by atoms with E-state index in [0.717, 1.165) is 23.2 Å². The highest BCUT2D eigenvalue weighted by Crippen LogP contribution is 2.22. The summed E-state index contributed by atoms with van der Waals surface area (Å²) in [4.78, 5) is 16.3. The molecule has 106 valence electrons. The first-order valence-corrected chi connectivity index (χ1v) is 7.23. The minimum Gasteiger partial charge on any atom is -0.396 e. The summed E-state index contributed by atoms with van der Waals surface area (Å²) < 4.78 is 13.4. The standard InChI is InChI=1S/C13H13ClFN3OS/c1-2-11-18-8(6-20-11)5-17-13(19)9-3-7(14)4-10(15)12(9)16/h3-4,6H,2,5,16H2,1H3,(H,17,19). The number of halogens is 2. The lowest BCUT2D eigenvalue weighted by Gasteiger charge is -2.07. The normalized spacial score (nSPS) is 10.6. The van der Waals surface area contributed by atoms with E-state index in [9.17, 15) is 9.18 Å². The number of nitrogens with zero attached hydrogens (tertiary/aromatic N) is 1. The van der Waals surface area contributed by atoms with Gasteiger partial charge in [0.25, 0.3) is 5.91 Å². The maximum atomic E-state index is 13.4. The Morgan fingerprint density at radius 3 is 2.95 bits per heavy atom. The predicted molar refractivity (Wildman–Crippen MR) is 78.5 cm³/mol. The molecule has 0 spiro atoms. The summed E-state index contributed by atoms with van der Waals surface area (Å²) in [6, 6.07) is 2.41. The minimum atomic E-state index is -0.704. The van der Waals surface area contributed by atoms with E-state index < -0.39 is 11.7 Å². The van der Waals surface area contributed by atoms with Crippen LogP contribution in [-0.2, 0) is 13.0 Å². The number of thiazole rings is 1. The molecule has 1 heterocycles. The van der Waals surface area contributed by atoms with Crippen molar-refractivity contribution in [2.75, 3.05) is 5.73 Å². The van der Waals surface area contributed by atoms with Crippen LogP contribution in [0.3, 0.4) is 0 Å². The fourth-order valence-electron chi connectivity index (χ4n) is 1.63. The second-order valence-corrected chi connectivity index (χ2v) is 5.50. The van der Waals surface area contributed by atoms with Gasteiger partial charge in [-0.15, -0.1) is 11.3 Å². The van der Waals surface area contributed by atoms with Crippen LogP contribution in [0.2, 0.25) is 5.02 Å². The number of benzene rings is 1. The van der Waals surface area contributed by atoms with E-state index in [-0.39, 0.29) is 22.8 Å². The van der Waals surface area contributed by atoms with Crippen molar-refractivity contribution in [1.82, 2.24) is 10.3 Å². The summed E-state index contributed by atoms with van der Waals surface area (Å²) in [5, 5.41) is 5.65. The Morgan fingerprint density at radius 1 is 1.55 bits per heavy atom. The largest absolute Gasteiger partial charge is 0.396 e. The molecule has 0 aliphatic carbocycles. The van der Waals surface area contributed by atoms with Gasteiger partial charge in [0.1, 0.15) is 5.82 Å². The minimum absolute atomic E-state index is 0.0287. The first-order chi connectivity index (χ1) is 9.51. The summed E-state index contributed by atoms with van der Waals surface area (Å²) >= 11 is 7.26. The third-order valence-electron chi connectivity index (χ3n) is 2.67. The number of amides is 1. The number of carbonyl (C=O) groups is 1. The van der Waals surface area contributed by atoms with Gasteiger partial charge < -0.3 is 11.1 Å². The van der Waals surface area contributed by atoms with Crippen LogP contribution in [0.5, 0.6) is 0 Å². The number of anilines is 1. The van der Waals surface area contributed by atoms with Gasteiger partial charge in [-0.25, -0.2) is 9.37 Å². The van der Waals surface area contributed by atoms with Crippen LogP contribution >= 0.6 is 22.9 Å². The molecule has 2 rings (SSSR count). The molecule has 1 amide bonds. The highest BCUT2D eigenvalue weighted by atomic mass is 35.5. The average molecular weight is 314 g/mol. The Hall–Kier alpha value is -1.66. The topological polar surface area (TPSA) is 68.0 Å². The third-order valence-corrected chi connectivity index (χ3v) is 3.93. The van der Waals surface area contributed by atoms with Crippen molar-refractivity contribution in [3.63, 3.8) is 0 Å². The summed E-state index contributed by atoms with van der Waals surface area (Å²) in [5.74, 6) is -1.18. The molecule has 0 fully saturated rings. The number of hydrogen-bond acceptors (Lipinski definition) is 4. The highest BCUT2D eigenvalue weighted by molar-refractivity contribution is 7.09. The zero-order chi connectivity index (χ0) is 14.7. The number of aryl methyl sites for hydroxylation is 1. The number of hydrogen-bond donors (Lipinski definition) is 2. The number of aromatic nitrogens is 1. The molecular weight excluding hydrogens is 301 g/mol. The van der Waals surface area contributed by atoms with Crippen molar-refractivity contribution in [1.29, 1.82) is 0 Å². The summed E-state index contributed by atoms with van der Waals surface area (Å²) in [5.41, 5.74) is 6.12. The molecule has 0 bridgehead atoms. The molecule has 7 heteroatoms. The zero-order valence-corrected chi connectivity index (χ0v) is 12.3. The molecular formula is C13H13ClFN3OS. The zero-order valence-electron chi connectivity index (χ0n) is 10.7. The number of nitrogen functional groups attached to an aromatic ring is 1. The summed E-state index contributed by atoms with van der Waals surface area (Å²) in [6.45, 7) is 2.28. The lowest BCUT2D eigenvalue weighted by molar-refractivity contribution is 0.0951. The first kappa shape index (κ1) is 14.7. The number of carbonyl (C=O) groups excluding carboxylic acids is 1. The van der Waals surface area contributed by atoms with Crippen LogP contribution in [0.15, 0.2) is 17.5 Å². The van der Waals surface area contributed by atoms with Crippen molar-refractivity contribution in [2.45, 2.75) is 19.9 Å². The van der Waals surface area contributed by atoms with Gasteiger partial charge in [0, 0.05) is 10.4 Å². The van der Waals surface area contributed by atoms with E-state index in [1.807, 2.05) is 12.3 Å². The number of rotatable bonds is 4. The van der Waals surface area contributed by atoms with E-state index in [1.165, 1.54) is 17.4 Å². The Labute approximate surface area is 124 Å². The Morgan fingerprint density at radius 2 is 2.30 bits per heavy atom. The fraction of sp³-hybridized carbons (Fsp3) is 0.231. The van der Waals surface area contributed by atoms with Crippen molar-refractivity contribution in [3.8, 4) is 0 Å². The van der Waals surface area contributed by atoms with Crippen LogP contribution in [-0.4, -0.2) is 10.9 Å². The second-order valence-electron chi connectivity index (χ2n) is 4.12. The van der Waals surface area contributed by atoms with E-state index in [0.29, 0.717) is 0 Å². The van der Waals surface area contributed by atoms with E-state index in [4.69, 9.17) is 17.3 Å². The van der Waals surface area contributed by atoms with Gasteiger partial charge in [-0.1, -0.05) is 18.5 Å². The van der Waals surface area contributed by atoms with Gasteiger partial charge in [-0.3, -0.25) is 4.79 Å². The Balaban J connectivity index is 2.09. The summed E-state index contributed by atoms with van der Waals surface area (Å²) in [7, 11) is 0. The van der Waals surface area contributed by atoms with Crippen LogP contribution in [0.1, 0.15) is 28.0 Å². The SMILES string of the molecule is CCc1nc(CNC(=O)c2cc(Cl)cc(F)c2N)cs1. The molecule has 2 aromatic rings. The molecule has 4 nitrogen and oxygen atoms in total. The quantitative estimate of drug-likeness (QED) is 0.853. The highest BCUT2D eigenvalue weighted by Gasteiger charge is 2.14. The molecule has 0 aliphatic rings. The molecule has 1 aromatic heterocycles. The molecule has 0 saturated heterocycles. The van der Waals surface area contributed by atoms with E-state index in [1.54, 1.807) is 0 Å². The Kier molecular flexibility index (Phi) is 4.57. The van der Waals surface area contributed by atoms with E-state index in [2.05, 4.69) is 10.3 Å². The van der Waals surface area contributed by atoms with Gasteiger partial charge in [-0.2, -0.15) is 0 Å². The molecule has 0 saturated carbocycles. The number of nitrogens with two attached hydrogens (primary N) is 1. The smallest absolute Gasteiger partial charge is 0.253 e. The monoisotopic (exact) mass is 313 g/mol. The van der Waals surface area contributed by atoms with Crippen molar-refractivity contribution in [2.24, 2.45) is 0 Å². The van der Waals surface area contributed by atoms with Crippen LogP contribution in [0, 0.1) is 5.82 Å². The first-order valence-electron chi connectivity index (χ1n) is 5.97. The Bertz CT molecular complexity index is 645. The van der Waals surface area contributed by atoms with Crippen molar-refractivity contribution in [3.05, 3.63) is 44.6 Å². The van der Waals surface area contributed by atoms with E-state index >= 15 is 0 Å². The lowest BCUT2D eigenvalue weighted by Crippen LogP contribution is -2.24. The van der Waals surface area contributed by atoms with Gasteiger partial charge in [-0.05, 0) is 18.6 Å². The maximum absolute atomic E-state index is 13.4. The molecule has 0 unspecified atom stereocenters. The molecule has 0 atom stereocenters. The van der Waals surface area contributed by atoms with Gasteiger partial charge in [0.2, 0.25) is 0 Å². The third kappa shape index (κ3) is 3.26. The van der Waals surface area contributed by atoms with Crippen LogP contribution < -0.4 is 11.1 Å². The molecule has 0 radical (unpaired) electrons. The number of nitrogens with one attached hydrogen (secondary N) is 1. The molecule has 0 aliphatic heterocycles. The average Bonchev–Trinajstić information content (AvgIpc) is 2.88. The van der Waals surface area contributed by atoms with Crippen molar-refractivity contribution >= 4 is 34.5 Å². The molecule has 20 heavy (non-hydrogen) atoms. The van der Waals surface area contributed by atoms with Gasteiger partial charge in [0.05, 0.1) is 28.5 Å². The van der Waals surface area contributed by atoms with Crippen LogP contribution in [0.4, 0.5) is 10.1 Å². The predicted octanol–water partition coefficient (Wildman–Crippen LogP) is 3.01. The second kappa shape index (κ2) is 6.19. The van der Waals surface area contributed by atoms with Crippen molar-refractivity contribution < 1.29 is 9.18 Å². The molecule has 1 aromatic carbocycles. The summed E-state index contributed by atoms with van der Waals surface area (Å²) in [6.07, 6.45) is 0.852. The fourth-order valence-corrected chi connectivity index (χ4v) is 2.58. The maximum Gasteiger partial charge on any atom is 0.253 e. The molecule has 3 N–H and O–H groups in total.